The maximum absolute atomic E-state index is 5.76. The van der Waals surface area contributed by atoms with Crippen LogP contribution in [0.1, 0.15) is 40.0 Å². The van der Waals surface area contributed by atoms with Crippen LogP contribution in [0.5, 0.6) is 0 Å². The monoisotopic (exact) mass is 196 g/mol. The van der Waals surface area contributed by atoms with Gasteiger partial charge in [-0.25, -0.2) is 0 Å². The molecule has 0 unspecified atom stereocenters. The molecule has 0 radical (unpaired) electrons. The highest BCUT2D eigenvalue weighted by Crippen LogP contribution is 2.10. The first-order valence-electron chi connectivity index (χ1n) is 4.21. The molecule has 0 heterocycles. The fourth-order valence-electron chi connectivity index (χ4n) is 0.559. The van der Waals surface area contributed by atoms with E-state index >= 15 is 0 Å². The quantitative estimate of drug-likeness (QED) is 0.579. The van der Waals surface area contributed by atoms with Gasteiger partial charge >= 0.3 is 0 Å². The number of alkyl halides is 1. The van der Waals surface area contributed by atoms with E-state index in [4.69, 9.17) is 23.2 Å². The molecule has 0 fully saturated rings. The molecule has 0 saturated carbocycles. The van der Waals surface area contributed by atoms with Gasteiger partial charge in [0.25, 0.3) is 0 Å². The van der Waals surface area contributed by atoms with E-state index in [2.05, 4.69) is 6.92 Å². The van der Waals surface area contributed by atoms with Crippen LogP contribution in [0.25, 0.3) is 0 Å². The summed E-state index contributed by atoms with van der Waals surface area (Å²) in [6, 6.07) is 0. The van der Waals surface area contributed by atoms with Crippen molar-refractivity contribution in [1.82, 2.24) is 0 Å². The van der Waals surface area contributed by atoms with Crippen molar-refractivity contribution in [2.45, 2.75) is 40.0 Å². The second-order valence-electron chi connectivity index (χ2n) is 1.85. The third kappa shape index (κ3) is 13.3. The SMILES string of the molecule is CC.CC/C=C(/Cl)CCCCl. The summed E-state index contributed by atoms with van der Waals surface area (Å²) in [4.78, 5) is 0. The standard InChI is InChI=1S/C7H12Cl2.C2H6/c1-2-4-7(9)5-3-6-8;1-2/h4H,2-3,5-6H2,1H3;1-2H3/b7-4+;. The van der Waals surface area contributed by atoms with E-state index in [1.165, 1.54) is 0 Å². The first-order chi connectivity index (χ1) is 5.31. The van der Waals surface area contributed by atoms with Gasteiger partial charge in [0.1, 0.15) is 0 Å². The zero-order valence-electron chi connectivity index (χ0n) is 7.66. The molecule has 68 valence electrons. The third-order valence-corrected chi connectivity index (χ3v) is 1.59. The summed E-state index contributed by atoms with van der Waals surface area (Å²) in [6.45, 7) is 6.07. The molecule has 0 rings (SSSR count). The Labute approximate surface area is 80.6 Å². The Kier molecular flexibility index (Phi) is 16.3. The summed E-state index contributed by atoms with van der Waals surface area (Å²) in [6.07, 6.45) is 4.95. The molecule has 0 amide bonds. The Hall–Kier alpha value is 0.320. The van der Waals surface area contributed by atoms with Gasteiger partial charge in [-0.05, 0) is 19.3 Å². The van der Waals surface area contributed by atoms with Crippen LogP contribution in [-0.2, 0) is 0 Å². The van der Waals surface area contributed by atoms with Crippen LogP contribution in [0, 0.1) is 0 Å². The molecule has 2 heteroatoms. The van der Waals surface area contributed by atoms with Crippen LogP contribution >= 0.6 is 23.2 Å². The molecular formula is C9H18Cl2. The van der Waals surface area contributed by atoms with Crippen LogP contribution in [0.15, 0.2) is 11.1 Å². The summed E-state index contributed by atoms with van der Waals surface area (Å²) < 4.78 is 0. The molecule has 0 saturated heterocycles. The van der Waals surface area contributed by atoms with Crippen molar-refractivity contribution in [3.05, 3.63) is 11.1 Å². The average molecular weight is 197 g/mol. The van der Waals surface area contributed by atoms with Crippen LogP contribution in [-0.4, -0.2) is 5.88 Å². The maximum atomic E-state index is 5.76. The Balaban J connectivity index is 0. The van der Waals surface area contributed by atoms with Gasteiger partial charge in [0, 0.05) is 10.9 Å². The lowest BCUT2D eigenvalue weighted by Gasteiger charge is -1.92. The first-order valence-corrected chi connectivity index (χ1v) is 5.13. The number of halogens is 2. The van der Waals surface area contributed by atoms with E-state index in [9.17, 15) is 0 Å². The molecule has 0 aliphatic carbocycles. The van der Waals surface area contributed by atoms with E-state index < -0.39 is 0 Å². The van der Waals surface area contributed by atoms with E-state index in [1.807, 2.05) is 19.9 Å². The van der Waals surface area contributed by atoms with E-state index in [1.54, 1.807) is 0 Å². The molecule has 0 aromatic heterocycles. The van der Waals surface area contributed by atoms with Crippen LogP contribution in [0.4, 0.5) is 0 Å². The van der Waals surface area contributed by atoms with Gasteiger partial charge < -0.3 is 0 Å². The predicted octanol–water partition coefficient (Wildman–Crippen LogP) is 4.56. The Morgan fingerprint density at radius 3 is 2.27 bits per heavy atom. The highest BCUT2D eigenvalue weighted by molar-refractivity contribution is 6.29. The number of rotatable bonds is 4. The van der Waals surface area contributed by atoms with Gasteiger partial charge in [0.2, 0.25) is 0 Å². The Morgan fingerprint density at radius 2 is 1.91 bits per heavy atom. The minimum absolute atomic E-state index is 0.702. The molecule has 0 nitrogen and oxygen atoms in total. The van der Waals surface area contributed by atoms with Crippen molar-refractivity contribution in [1.29, 1.82) is 0 Å². The first kappa shape index (κ1) is 13.9. The zero-order chi connectivity index (χ0) is 9.11. The van der Waals surface area contributed by atoms with Crippen LogP contribution in [0.2, 0.25) is 0 Å². The summed E-state index contributed by atoms with van der Waals surface area (Å²) in [7, 11) is 0. The molecule has 0 spiro atoms. The third-order valence-electron chi connectivity index (χ3n) is 0.975. The van der Waals surface area contributed by atoms with Crippen molar-refractivity contribution in [3.63, 3.8) is 0 Å². The highest BCUT2D eigenvalue weighted by Gasteiger charge is 1.88. The van der Waals surface area contributed by atoms with Crippen molar-refractivity contribution >= 4 is 23.2 Å². The average Bonchev–Trinajstić information content (AvgIpc) is 2.05. The fraction of sp³-hybridized carbons (Fsp3) is 0.778. The lowest BCUT2D eigenvalue weighted by atomic mass is 10.3. The van der Waals surface area contributed by atoms with Gasteiger partial charge in [-0.15, -0.1) is 11.6 Å². The number of allylic oxidation sites excluding steroid dienone is 2. The van der Waals surface area contributed by atoms with Gasteiger partial charge in [-0.3, -0.25) is 0 Å². The lowest BCUT2D eigenvalue weighted by molar-refractivity contribution is 0.944. The topological polar surface area (TPSA) is 0 Å². The minimum atomic E-state index is 0.702. The summed E-state index contributed by atoms with van der Waals surface area (Å²) >= 11 is 11.2. The normalized spacial score (nSPS) is 10.5. The van der Waals surface area contributed by atoms with E-state index in [-0.39, 0.29) is 0 Å². The van der Waals surface area contributed by atoms with Gasteiger partial charge in [0.05, 0.1) is 0 Å². The fourth-order valence-corrected chi connectivity index (χ4v) is 0.981. The van der Waals surface area contributed by atoms with Crippen LogP contribution in [0.3, 0.4) is 0 Å². The summed E-state index contributed by atoms with van der Waals surface area (Å²) in [5.41, 5.74) is 0. The second-order valence-corrected chi connectivity index (χ2v) is 2.72. The van der Waals surface area contributed by atoms with E-state index in [0.717, 1.165) is 24.3 Å². The second kappa shape index (κ2) is 12.9. The largest absolute Gasteiger partial charge is 0.127 e. The molecule has 0 N–H and O–H groups in total. The molecule has 0 bridgehead atoms. The van der Waals surface area contributed by atoms with Crippen molar-refractivity contribution in [2.24, 2.45) is 0 Å². The molecule has 11 heavy (non-hydrogen) atoms. The van der Waals surface area contributed by atoms with Crippen molar-refractivity contribution in [3.8, 4) is 0 Å². The Bertz CT molecular complexity index is 87.6. The Morgan fingerprint density at radius 1 is 1.36 bits per heavy atom. The highest BCUT2D eigenvalue weighted by atomic mass is 35.5. The number of hydrogen-bond donors (Lipinski definition) is 0. The minimum Gasteiger partial charge on any atom is -0.127 e. The lowest BCUT2D eigenvalue weighted by Crippen LogP contribution is -1.76. The van der Waals surface area contributed by atoms with Gasteiger partial charge in [0.15, 0.2) is 0 Å². The van der Waals surface area contributed by atoms with Gasteiger partial charge in [-0.2, -0.15) is 0 Å². The van der Waals surface area contributed by atoms with Gasteiger partial charge in [-0.1, -0.05) is 38.4 Å². The molecule has 0 aromatic rings. The van der Waals surface area contributed by atoms with Crippen LogP contribution < -0.4 is 0 Å². The predicted molar refractivity (Wildman–Crippen MR) is 55.5 cm³/mol. The molecule has 0 atom stereocenters. The summed E-state index contributed by atoms with van der Waals surface area (Å²) in [5.74, 6) is 0.702. The van der Waals surface area contributed by atoms with Crippen molar-refractivity contribution in [2.75, 3.05) is 5.88 Å². The number of hydrogen-bond acceptors (Lipinski definition) is 0. The summed E-state index contributed by atoms with van der Waals surface area (Å²) in [5, 5.41) is 0.943. The van der Waals surface area contributed by atoms with Crippen molar-refractivity contribution < 1.29 is 0 Å². The molecule has 0 aliphatic heterocycles. The maximum Gasteiger partial charge on any atom is 0.0226 e. The molecule has 0 aromatic carbocycles. The molecule has 0 aliphatic rings. The molecular weight excluding hydrogens is 179 g/mol. The van der Waals surface area contributed by atoms with E-state index in [0.29, 0.717) is 5.88 Å². The smallest absolute Gasteiger partial charge is 0.0226 e. The zero-order valence-corrected chi connectivity index (χ0v) is 9.17.